The van der Waals surface area contributed by atoms with E-state index in [-0.39, 0.29) is 42.3 Å². The average molecular weight is 722 g/mol. The Hall–Kier alpha value is -4.21. The Labute approximate surface area is 299 Å². The molecule has 5 aliphatic rings. The summed E-state index contributed by atoms with van der Waals surface area (Å²) in [5, 5.41) is 12.1. The Kier molecular flexibility index (Phi) is 9.25. The van der Waals surface area contributed by atoms with Crippen LogP contribution in [0.5, 0.6) is 0 Å². The number of rotatable bonds is 7. The molecule has 1 unspecified atom stereocenters. The number of benzene rings is 2. The molecule has 51 heavy (non-hydrogen) atoms. The molecule has 0 spiro atoms. The maximum absolute atomic E-state index is 13.7. The summed E-state index contributed by atoms with van der Waals surface area (Å²) in [4.78, 5) is 59.3. The van der Waals surface area contributed by atoms with Gasteiger partial charge in [-0.05, 0) is 82.0 Å². The molecule has 7 rings (SSSR count). The second-order valence-electron chi connectivity index (χ2n) is 15.3. The number of anilines is 2. The number of nitrogens with zero attached hydrogens (tertiary/aromatic N) is 6. The van der Waals surface area contributed by atoms with Gasteiger partial charge in [0.25, 0.3) is 5.91 Å². The zero-order valence-corrected chi connectivity index (χ0v) is 30.3. The van der Waals surface area contributed by atoms with Crippen molar-refractivity contribution in [2.24, 2.45) is 0 Å². The minimum Gasteiger partial charge on any atom is -0.465 e. The number of carboxylic acid groups (broad SMARTS) is 1. The van der Waals surface area contributed by atoms with Crippen molar-refractivity contribution in [1.82, 2.24) is 24.3 Å². The maximum atomic E-state index is 13.7. The molecule has 0 saturated carbocycles. The number of carbonyl (C=O) groups is 4. The standard InChI is InChI=1S/C36H47N7O7S/c1-36(2,3)43(35(47)48)25-11-13-41(14-12-25)51(49,50)29-6-4-5-26(20-29)38-15-17-39(18-16-38)28-22-40(23-28)27-7-8-30-24(19-27)21-42(34(30)46)31-9-10-32(44)37-33(31)45/h4-8,19-20,25,28,31H,9-18,21-23H2,1-3H3,(H,47,48)(H,37,44,45). The smallest absolute Gasteiger partial charge is 0.407 e. The van der Waals surface area contributed by atoms with Crippen molar-refractivity contribution in [2.75, 3.05) is 62.2 Å². The van der Waals surface area contributed by atoms with Gasteiger partial charge in [-0.3, -0.25) is 24.6 Å². The molecule has 2 aromatic carbocycles. The first-order valence-corrected chi connectivity index (χ1v) is 19.3. The van der Waals surface area contributed by atoms with Crippen molar-refractivity contribution in [3.8, 4) is 0 Å². The van der Waals surface area contributed by atoms with E-state index in [0.717, 1.165) is 56.2 Å². The van der Waals surface area contributed by atoms with E-state index in [0.29, 0.717) is 37.4 Å². The Morgan fingerprint density at radius 3 is 2.22 bits per heavy atom. The molecule has 4 saturated heterocycles. The van der Waals surface area contributed by atoms with Crippen LogP contribution in [0, 0.1) is 0 Å². The number of sulfonamides is 1. The van der Waals surface area contributed by atoms with Crippen molar-refractivity contribution >= 4 is 45.2 Å². The highest BCUT2D eigenvalue weighted by Gasteiger charge is 2.41. The zero-order valence-electron chi connectivity index (χ0n) is 29.5. The van der Waals surface area contributed by atoms with Crippen molar-refractivity contribution < 1.29 is 32.7 Å². The van der Waals surface area contributed by atoms with Crippen LogP contribution in [0.1, 0.15) is 62.4 Å². The van der Waals surface area contributed by atoms with Crippen molar-refractivity contribution in [1.29, 1.82) is 0 Å². The van der Waals surface area contributed by atoms with E-state index in [1.54, 1.807) is 23.1 Å². The van der Waals surface area contributed by atoms with Crippen LogP contribution >= 0.6 is 0 Å². The van der Waals surface area contributed by atoms with E-state index in [2.05, 4.69) is 20.0 Å². The topological polar surface area (TPSA) is 154 Å². The summed E-state index contributed by atoms with van der Waals surface area (Å²) in [5.41, 5.74) is 2.88. The fraction of sp³-hybridized carbons (Fsp3) is 0.556. The molecule has 0 bridgehead atoms. The highest BCUT2D eigenvalue weighted by molar-refractivity contribution is 7.89. The molecule has 2 aromatic rings. The van der Waals surface area contributed by atoms with Crippen molar-refractivity contribution in [3.05, 3.63) is 53.6 Å². The molecule has 4 fully saturated rings. The minimum atomic E-state index is -3.73. The van der Waals surface area contributed by atoms with Crippen LogP contribution in [-0.2, 0) is 26.2 Å². The Balaban J connectivity index is 0.909. The van der Waals surface area contributed by atoms with Gasteiger partial charge in [-0.1, -0.05) is 6.07 Å². The van der Waals surface area contributed by atoms with Crippen LogP contribution in [-0.4, -0.2) is 132 Å². The van der Waals surface area contributed by atoms with E-state index in [1.165, 1.54) is 9.21 Å². The summed E-state index contributed by atoms with van der Waals surface area (Å²) >= 11 is 0. The molecule has 2 N–H and O–H groups in total. The van der Waals surface area contributed by atoms with E-state index >= 15 is 0 Å². The normalized spacial score (nSPS) is 22.9. The SMILES string of the molecule is CC(C)(C)N(C(=O)O)C1CCN(S(=O)(=O)c2cccc(N3CCN(C4CN(c5ccc6c(c5)CN(C5CCC(=O)NC5=O)C6=O)C4)CC3)c2)CC1. The third kappa shape index (κ3) is 6.78. The molecule has 5 heterocycles. The lowest BCUT2D eigenvalue weighted by molar-refractivity contribution is -0.136. The number of hydrogen-bond acceptors (Lipinski definition) is 9. The fourth-order valence-electron chi connectivity index (χ4n) is 8.32. The summed E-state index contributed by atoms with van der Waals surface area (Å²) in [6.45, 7) is 11.5. The van der Waals surface area contributed by atoms with Crippen LogP contribution in [0.4, 0.5) is 16.2 Å². The second kappa shape index (κ2) is 13.4. The number of nitrogens with one attached hydrogen (secondary N) is 1. The highest BCUT2D eigenvalue weighted by atomic mass is 32.2. The maximum Gasteiger partial charge on any atom is 0.407 e. The average Bonchev–Trinajstić information content (AvgIpc) is 3.39. The van der Waals surface area contributed by atoms with Gasteiger partial charge in [0, 0.05) is 99.9 Å². The molecule has 4 amide bonds. The third-order valence-corrected chi connectivity index (χ3v) is 13.0. The first-order chi connectivity index (χ1) is 24.2. The van der Waals surface area contributed by atoms with Crippen LogP contribution in [0.2, 0.25) is 0 Å². The summed E-state index contributed by atoms with van der Waals surface area (Å²) in [5.74, 6) is -0.872. The number of piperidine rings is 2. The number of carbonyl (C=O) groups excluding carboxylic acids is 3. The molecule has 274 valence electrons. The minimum absolute atomic E-state index is 0.168. The lowest BCUT2D eigenvalue weighted by atomic mass is 9.98. The van der Waals surface area contributed by atoms with Gasteiger partial charge in [-0.15, -0.1) is 0 Å². The summed E-state index contributed by atoms with van der Waals surface area (Å²) in [7, 11) is -3.73. The van der Waals surface area contributed by atoms with Crippen molar-refractivity contribution in [3.63, 3.8) is 0 Å². The molecule has 15 heteroatoms. The number of piperazine rings is 1. The van der Waals surface area contributed by atoms with Gasteiger partial charge >= 0.3 is 6.09 Å². The van der Waals surface area contributed by atoms with Gasteiger partial charge < -0.3 is 24.7 Å². The largest absolute Gasteiger partial charge is 0.465 e. The number of fused-ring (bicyclic) bond motifs is 1. The van der Waals surface area contributed by atoms with Gasteiger partial charge in [0.05, 0.1) is 4.90 Å². The molecule has 14 nitrogen and oxygen atoms in total. The first kappa shape index (κ1) is 35.2. The van der Waals surface area contributed by atoms with Crippen LogP contribution in [0.25, 0.3) is 0 Å². The molecule has 0 aliphatic carbocycles. The molecular weight excluding hydrogens is 675 g/mol. The van der Waals surface area contributed by atoms with Gasteiger partial charge in [0.2, 0.25) is 21.8 Å². The first-order valence-electron chi connectivity index (χ1n) is 17.8. The lowest BCUT2D eigenvalue weighted by Crippen LogP contribution is -2.63. The van der Waals surface area contributed by atoms with E-state index in [1.807, 2.05) is 45.0 Å². The molecule has 0 aromatic heterocycles. The molecule has 1 atom stereocenters. The van der Waals surface area contributed by atoms with Gasteiger partial charge in [-0.25, -0.2) is 13.2 Å². The zero-order chi connectivity index (χ0) is 36.2. The van der Waals surface area contributed by atoms with Crippen LogP contribution in [0.3, 0.4) is 0 Å². The molecule has 0 radical (unpaired) electrons. The molecular formula is C36H47N7O7S. The van der Waals surface area contributed by atoms with E-state index < -0.39 is 33.6 Å². The predicted molar refractivity (Wildman–Crippen MR) is 190 cm³/mol. The van der Waals surface area contributed by atoms with Gasteiger partial charge in [0.15, 0.2) is 0 Å². The Morgan fingerprint density at radius 1 is 0.882 bits per heavy atom. The monoisotopic (exact) mass is 721 g/mol. The number of hydrogen-bond donors (Lipinski definition) is 2. The quantitative estimate of drug-likeness (QED) is 0.408. The lowest BCUT2D eigenvalue weighted by Gasteiger charge is -2.49. The fourth-order valence-corrected chi connectivity index (χ4v) is 9.83. The van der Waals surface area contributed by atoms with Gasteiger partial charge in [-0.2, -0.15) is 4.31 Å². The van der Waals surface area contributed by atoms with Gasteiger partial charge in [0.1, 0.15) is 6.04 Å². The number of amides is 4. The summed E-state index contributed by atoms with van der Waals surface area (Å²) in [6.07, 6.45) is 0.507. The Morgan fingerprint density at radius 2 is 1.57 bits per heavy atom. The second-order valence-corrected chi connectivity index (χ2v) is 17.2. The Bertz CT molecular complexity index is 1820. The van der Waals surface area contributed by atoms with E-state index in [9.17, 15) is 32.7 Å². The number of imide groups is 1. The summed E-state index contributed by atoms with van der Waals surface area (Å²) < 4.78 is 28.8. The van der Waals surface area contributed by atoms with Crippen LogP contribution in [0.15, 0.2) is 47.4 Å². The van der Waals surface area contributed by atoms with Crippen LogP contribution < -0.4 is 15.1 Å². The third-order valence-electron chi connectivity index (χ3n) is 11.1. The van der Waals surface area contributed by atoms with Crippen molar-refractivity contribution in [2.45, 2.75) is 81.6 Å². The van der Waals surface area contributed by atoms with E-state index in [4.69, 9.17) is 0 Å². The summed E-state index contributed by atoms with van der Waals surface area (Å²) in [6, 6.07) is 12.6. The predicted octanol–water partition coefficient (Wildman–Crippen LogP) is 2.39. The highest BCUT2D eigenvalue weighted by Crippen LogP contribution is 2.34. The molecule has 5 aliphatic heterocycles.